The van der Waals surface area contributed by atoms with Crippen LogP contribution in [0.25, 0.3) is 11.2 Å². The molecule has 1 saturated heterocycles. The number of hydrogen-bond donors (Lipinski definition) is 5. The van der Waals surface area contributed by atoms with Crippen molar-refractivity contribution in [2.24, 2.45) is 0 Å². The van der Waals surface area contributed by atoms with Gasteiger partial charge in [-0.2, -0.15) is 0 Å². The number of nitrogens with one attached hydrogen (secondary N) is 1. The van der Waals surface area contributed by atoms with E-state index in [4.69, 9.17) is 14.2 Å². The van der Waals surface area contributed by atoms with Crippen molar-refractivity contribution in [2.75, 3.05) is 26.1 Å². The average Bonchev–Trinajstić information content (AvgIpc) is 3.33. The molecular weight excluding hydrogens is 410 g/mol. The highest BCUT2D eigenvalue weighted by Crippen LogP contribution is 2.35. The second-order valence-electron chi connectivity index (χ2n) is 6.96. The van der Waals surface area contributed by atoms with Crippen molar-refractivity contribution < 1.29 is 34.6 Å². The fourth-order valence-corrected chi connectivity index (χ4v) is 3.59. The van der Waals surface area contributed by atoms with Crippen LogP contribution in [0.4, 0.5) is 5.82 Å². The van der Waals surface area contributed by atoms with Gasteiger partial charge in [0, 0.05) is 18.7 Å². The number of ether oxygens (including phenoxy) is 3. The molecule has 4 rings (SSSR count). The molecule has 0 bridgehead atoms. The van der Waals surface area contributed by atoms with Crippen LogP contribution in [0, 0.1) is 0 Å². The molecule has 0 aliphatic carbocycles. The summed E-state index contributed by atoms with van der Waals surface area (Å²) in [4.78, 5) is 12.8. The molecule has 0 amide bonds. The van der Waals surface area contributed by atoms with Gasteiger partial charge >= 0.3 is 0 Å². The number of fused-ring (bicyclic) bond motifs is 1. The quantitative estimate of drug-likeness (QED) is 0.334. The number of nitrogens with zero attached hydrogens (tertiary/aromatic N) is 4. The van der Waals surface area contributed by atoms with E-state index in [1.807, 2.05) is 0 Å². The van der Waals surface area contributed by atoms with Crippen LogP contribution in [0.3, 0.4) is 0 Å². The van der Waals surface area contributed by atoms with E-state index in [9.17, 15) is 20.4 Å². The zero-order chi connectivity index (χ0) is 22.1. The lowest BCUT2D eigenvalue weighted by Crippen LogP contribution is -2.33. The molecule has 31 heavy (non-hydrogen) atoms. The van der Waals surface area contributed by atoms with Crippen LogP contribution in [0.5, 0.6) is 17.2 Å². The van der Waals surface area contributed by atoms with Crippen LogP contribution < -0.4 is 14.8 Å². The Balaban J connectivity index is 1.63. The van der Waals surface area contributed by atoms with Crippen molar-refractivity contribution in [1.82, 2.24) is 19.5 Å². The van der Waals surface area contributed by atoms with Crippen LogP contribution >= 0.6 is 0 Å². The molecule has 5 N–H and O–H groups in total. The van der Waals surface area contributed by atoms with Crippen LogP contribution in [0.15, 0.2) is 24.8 Å². The van der Waals surface area contributed by atoms with Crippen molar-refractivity contribution in [3.05, 3.63) is 30.4 Å². The predicted molar refractivity (Wildman–Crippen MR) is 107 cm³/mol. The summed E-state index contributed by atoms with van der Waals surface area (Å²) in [5.74, 6) is 1.30. The molecule has 0 spiro atoms. The summed E-state index contributed by atoms with van der Waals surface area (Å²) in [7, 11) is 2.98. The van der Waals surface area contributed by atoms with E-state index >= 15 is 0 Å². The molecule has 0 radical (unpaired) electrons. The molecule has 3 heterocycles. The third-order valence-corrected chi connectivity index (χ3v) is 5.18. The Kier molecular flexibility index (Phi) is 5.78. The van der Waals surface area contributed by atoms with Crippen LogP contribution in [-0.2, 0) is 11.3 Å². The van der Waals surface area contributed by atoms with Gasteiger partial charge in [-0.25, -0.2) is 15.0 Å². The maximum absolute atomic E-state index is 10.3. The number of aromatic nitrogens is 4. The number of imidazole rings is 1. The molecule has 1 fully saturated rings. The van der Waals surface area contributed by atoms with Gasteiger partial charge in [-0.1, -0.05) is 0 Å². The fraction of sp³-hybridized carbons (Fsp3) is 0.421. The molecule has 12 heteroatoms. The van der Waals surface area contributed by atoms with Gasteiger partial charge in [0.05, 0.1) is 32.7 Å². The van der Waals surface area contributed by atoms with Gasteiger partial charge in [0.25, 0.3) is 0 Å². The van der Waals surface area contributed by atoms with Gasteiger partial charge in [-0.15, -0.1) is 0 Å². The highest BCUT2D eigenvalue weighted by atomic mass is 16.6. The van der Waals surface area contributed by atoms with Crippen molar-refractivity contribution in [1.29, 1.82) is 0 Å². The second kappa shape index (κ2) is 8.51. The highest BCUT2D eigenvalue weighted by molar-refractivity contribution is 5.82. The Morgan fingerprint density at radius 1 is 1.10 bits per heavy atom. The summed E-state index contributed by atoms with van der Waals surface area (Å²) >= 11 is 0. The molecule has 1 aliphatic rings. The summed E-state index contributed by atoms with van der Waals surface area (Å²) in [5.41, 5.74) is 1.45. The van der Waals surface area contributed by atoms with Crippen molar-refractivity contribution >= 4 is 17.0 Å². The first-order valence-electron chi connectivity index (χ1n) is 9.46. The Bertz CT molecular complexity index is 1050. The molecule has 1 aromatic carbocycles. The number of anilines is 1. The molecule has 1 unspecified atom stereocenters. The minimum Gasteiger partial charge on any atom is -0.508 e. The summed E-state index contributed by atoms with van der Waals surface area (Å²) < 4.78 is 17.7. The Labute approximate surface area is 176 Å². The fourth-order valence-electron chi connectivity index (χ4n) is 3.59. The Morgan fingerprint density at radius 3 is 2.42 bits per heavy atom. The van der Waals surface area contributed by atoms with Gasteiger partial charge in [0.2, 0.25) is 0 Å². The molecule has 3 aromatic rings. The standard InChI is InChI=1S/C19H23N5O7/c1-29-11-3-9(26)4-12(30-2)10(11)5-20-17-14-18(22-7-21-17)24(8-23-14)19-16(28)15(27)13(6-25)31-19/h3-4,7-8,13,15-16,19,25-28H,5-6H2,1-2H3,(H,20,21,22)/t13-,15-,16-,19?/m1/s1. The number of rotatable bonds is 7. The normalized spacial score (nSPS) is 23.3. The van der Waals surface area contributed by atoms with E-state index in [1.165, 1.54) is 43.6 Å². The topological polar surface area (TPSA) is 164 Å². The van der Waals surface area contributed by atoms with E-state index in [1.54, 1.807) is 0 Å². The minimum atomic E-state index is -1.26. The van der Waals surface area contributed by atoms with Crippen molar-refractivity contribution in [3.8, 4) is 17.2 Å². The largest absolute Gasteiger partial charge is 0.508 e. The summed E-state index contributed by atoms with van der Waals surface area (Å²) in [5, 5.41) is 42.6. The molecule has 1 aliphatic heterocycles. The number of aliphatic hydroxyl groups excluding tert-OH is 3. The lowest BCUT2D eigenvalue weighted by Gasteiger charge is -2.17. The summed E-state index contributed by atoms with van der Waals surface area (Å²) in [6.07, 6.45) is -1.61. The lowest BCUT2D eigenvalue weighted by molar-refractivity contribution is -0.0511. The second-order valence-corrected chi connectivity index (χ2v) is 6.96. The zero-order valence-corrected chi connectivity index (χ0v) is 16.8. The first kappa shape index (κ1) is 21.1. The highest BCUT2D eigenvalue weighted by Gasteiger charge is 2.44. The van der Waals surface area contributed by atoms with Crippen LogP contribution in [0.2, 0.25) is 0 Å². The van der Waals surface area contributed by atoms with Gasteiger partial charge in [-0.05, 0) is 0 Å². The van der Waals surface area contributed by atoms with E-state index in [0.29, 0.717) is 34.0 Å². The number of benzene rings is 1. The Hall–Kier alpha value is -3.19. The van der Waals surface area contributed by atoms with E-state index in [0.717, 1.165) is 0 Å². The zero-order valence-electron chi connectivity index (χ0n) is 16.8. The van der Waals surface area contributed by atoms with Gasteiger partial charge in [0.1, 0.15) is 41.9 Å². The first-order valence-corrected chi connectivity index (χ1v) is 9.46. The average molecular weight is 433 g/mol. The van der Waals surface area contributed by atoms with Gasteiger partial charge in [0.15, 0.2) is 23.2 Å². The van der Waals surface area contributed by atoms with Gasteiger partial charge in [-0.3, -0.25) is 4.57 Å². The van der Waals surface area contributed by atoms with Crippen LogP contribution in [0.1, 0.15) is 11.8 Å². The molecule has 166 valence electrons. The predicted octanol–water partition coefficient (Wildman–Crippen LogP) is -0.227. The van der Waals surface area contributed by atoms with Gasteiger partial charge < -0.3 is 40.0 Å². The molecule has 2 aromatic heterocycles. The number of phenols is 1. The third-order valence-electron chi connectivity index (χ3n) is 5.18. The number of phenolic OH excluding ortho intramolecular Hbond substituents is 1. The Morgan fingerprint density at radius 2 is 1.81 bits per heavy atom. The lowest BCUT2D eigenvalue weighted by atomic mass is 10.1. The van der Waals surface area contributed by atoms with Crippen molar-refractivity contribution in [2.45, 2.75) is 31.1 Å². The summed E-state index contributed by atoms with van der Waals surface area (Å²) in [6, 6.07) is 2.96. The molecule has 12 nitrogen and oxygen atoms in total. The molecular formula is C19H23N5O7. The van der Waals surface area contributed by atoms with Crippen molar-refractivity contribution in [3.63, 3.8) is 0 Å². The number of methoxy groups -OCH3 is 2. The van der Waals surface area contributed by atoms with Crippen LogP contribution in [-0.4, -0.2) is 79.1 Å². The number of aromatic hydroxyl groups is 1. The molecule has 0 saturated carbocycles. The summed E-state index contributed by atoms with van der Waals surface area (Å²) in [6.45, 7) is -0.182. The smallest absolute Gasteiger partial charge is 0.167 e. The van der Waals surface area contributed by atoms with E-state index < -0.39 is 31.1 Å². The number of hydrogen-bond acceptors (Lipinski definition) is 11. The monoisotopic (exact) mass is 433 g/mol. The number of aliphatic hydroxyl groups is 3. The SMILES string of the molecule is COc1cc(O)cc(OC)c1CNc1ncnc2c1ncn2C1O[C@H](CO)[C@@H](O)[C@H]1O. The first-order chi connectivity index (χ1) is 15.0. The minimum absolute atomic E-state index is 0.0131. The third kappa shape index (κ3) is 3.70. The maximum atomic E-state index is 10.3. The molecule has 4 atom stereocenters. The maximum Gasteiger partial charge on any atom is 0.167 e. The van der Waals surface area contributed by atoms with E-state index in [2.05, 4.69) is 20.3 Å². The van der Waals surface area contributed by atoms with E-state index in [-0.39, 0.29) is 12.3 Å².